The van der Waals surface area contributed by atoms with Crippen LogP contribution in [0.1, 0.15) is 22.2 Å². The van der Waals surface area contributed by atoms with Crippen LogP contribution in [-0.2, 0) is 4.79 Å². The van der Waals surface area contributed by atoms with Crippen LogP contribution in [0.2, 0.25) is 0 Å². The zero-order valence-electron chi connectivity index (χ0n) is 18.2. The van der Waals surface area contributed by atoms with Gasteiger partial charge in [0.15, 0.2) is 11.5 Å². The number of furan rings is 1. The van der Waals surface area contributed by atoms with Crippen molar-refractivity contribution in [1.82, 2.24) is 15.2 Å². The summed E-state index contributed by atoms with van der Waals surface area (Å²) < 4.78 is 16.1. The normalized spacial score (nSPS) is 13.1. The second kappa shape index (κ2) is 10.4. The number of benzene rings is 1. The topological polar surface area (TPSA) is 106 Å². The van der Waals surface area contributed by atoms with Gasteiger partial charge in [0, 0.05) is 24.5 Å². The lowest BCUT2D eigenvalue weighted by molar-refractivity contribution is -0.113. The van der Waals surface area contributed by atoms with Gasteiger partial charge in [0.2, 0.25) is 12.7 Å². The molecule has 2 aromatic heterocycles. The molecule has 0 aliphatic carbocycles. The molecule has 33 heavy (non-hydrogen) atoms. The van der Waals surface area contributed by atoms with Crippen LogP contribution in [0.15, 0.2) is 64.4 Å². The van der Waals surface area contributed by atoms with Gasteiger partial charge in [-0.05, 0) is 50.5 Å². The molecule has 172 valence electrons. The van der Waals surface area contributed by atoms with Crippen molar-refractivity contribution in [1.29, 1.82) is 0 Å². The van der Waals surface area contributed by atoms with E-state index in [0.29, 0.717) is 34.3 Å². The third-order valence-corrected chi connectivity index (χ3v) is 5.97. The molecule has 2 amide bonds. The number of anilines is 1. The molecular formula is C23H24N4O5S. The fourth-order valence-corrected chi connectivity index (χ4v) is 4.08. The molecule has 3 heterocycles. The van der Waals surface area contributed by atoms with Crippen LogP contribution >= 0.6 is 11.8 Å². The van der Waals surface area contributed by atoms with Gasteiger partial charge in [0.25, 0.3) is 5.91 Å². The summed E-state index contributed by atoms with van der Waals surface area (Å²) in [6.45, 7) is 0.535. The zero-order valence-corrected chi connectivity index (χ0v) is 19.1. The largest absolute Gasteiger partial charge is 0.468 e. The highest BCUT2D eigenvalue weighted by Gasteiger charge is 2.20. The molecule has 0 bridgehead atoms. The smallest absolute Gasteiger partial charge is 0.254 e. The number of likely N-dealkylation sites (N-methyl/N-ethyl adjacent to an activating group) is 1. The summed E-state index contributed by atoms with van der Waals surface area (Å²) in [4.78, 5) is 31.6. The Morgan fingerprint density at radius 2 is 2.00 bits per heavy atom. The minimum Gasteiger partial charge on any atom is -0.468 e. The van der Waals surface area contributed by atoms with Gasteiger partial charge >= 0.3 is 0 Å². The number of amides is 2. The van der Waals surface area contributed by atoms with Gasteiger partial charge in [-0.3, -0.25) is 14.5 Å². The van der Waals surface area contributed by atoms with E-state index in [-0.39, 0.29) is 30.4 Å². The van der Waals surface area contributed by atoms with Gasteiger partial charge in [-0.1, -0.05) is 11.8 Å². The van der Waals surface area contributed by atoms with Crippen molar-refractivity contribution in [2.75, 3.05) is 38.5 Å². The molecule has 10 heteroatoms. The summed E-state index contributed by atoms with van der Waals surface area (Å²) in [7, 11) is 3.84. The first-order valence-electron chi connectivity index (χ1n) is 10.3. The van der Waals surface area contributed by atoms with Gasteiger partial charge in [-0.2, -0.15) is 0 Å². The number of nitrogens with one attached hydrogen (secondary N) is 2. The van der Waals surface area contributed by atoms with Crippen molar-refractivity contribution in [3.05, 3.63) is 66.2 Å². The first-order chi connectivity index (χ1) is 16.0. The number of hydrogen-bond donors (Lipinski definition) is 2. The van der Waals surface area contributed by atoms with Crippen LogP contribution in [0.4, 0.5) is 5.69 Å². The zero-order chi connectivity index (χ0) is 23.2. The number of ether oxygens (including phenoxy) is 2. The van der Waals surface area contributed by atoms with Crippen molar-refractivity contribution in [3.8, 4) is 11.5 Å². The highest BCUT2D eigenvalue weighted by molar-refractivity contribution is 8.00. The van der Waals surface area contributed by atoms with Crippen LogP contribution in [0.25, 0.3) is 0 Å². The standard InChI is InChI=1S/C23H24N4O5S/c1-27(2)17(18-6-4-10-30-18)12-25-22(29)16-5-3-9-24-23(16)33-13-21(28)26-15-7-8-19-20(11-15)32-14-31-19/h3-11,17H,12-14H2,1-2H3,(H,25,29)(H,26,28). The maximum absolute atomic E-state index is 12.9. The van der Waals surface area contributed by atoms with Crippen LogP contribution < -0.4 is 20.1 Å². The number of aromatic nitrogens is 1. The van der Waals surface area contributed by atoms with E-state index >= 15 is 0 Å². The van der Waals surface area contributed by atoms with E-state index < -0.39 is 0 Å². The van der Waals surface area contributed by atoms with Crippen molar-refractivity contribution in [2.24, 2.45) is 0 Å². The highest BCUT2D eigenvalue weighted by atomic mass is 32.2. The average molecular weight is 469 g/mol. The fraction of sp³-hybridized carbons (Fsp3) is 0.261. The average Bonchev–Trinajstić information content (AvgIpc) is 3.49. The Morgan fingerprint density at radius 3 is 2.79 bits per heavy atom. The predicted molar refractivity (Wildman–Crippen MR) is 124 cm³/mol. The Balaban J connectivity index is 1.34. The third-order valence-electron chi connectivity index (χ3n) is 4.96. The molecule has 0 saturated heterocycles. The molecule has 1 aliphatic heterocycles. The van der Waals surface area contributed by atoms with E-state index in [9.17, 15) is 9.59 Å². The summed E-state index contributed by atoms with van der Waals surface area (Å²) in [5, 5.41) is 6.24. The lowest BCUT2D eigenvalue weighted by Gasteiger charge is -2.22. The van der Waals surface area contributed by atoms with Crippen molar-refractivity contribution < 1.29 is 23.5 Å². The van der Waals surface area contributed by atoms with Crippen molar-refractivity contribution >= 4 is 29.3 Å². The molecule has 0 saturated carbocycles. The lowest BCUT2D eigenvalue weighted by atomic mass is 10.2. The second-order valence-electron chi connectivity index (χ2n) is 7.47. The molecule has 4 rings (SSSR count). The third kappa shape index (κ3) is 5.65. The number of hydrogen-bond acceptors (Lipinski definition) is 8. The summed E-state index contributed by atoms with van der Waals surface area (Å²) in [6, 6.07) is 12.2. The molecule has 1 aromatic carbocycles. The highest BCUT2D eigenvalue weighted by Crippen LogP contribution is 2.34. The van der Waals surface area contributed by atoms with Gasteiger partial charge < -0.3 is 24.5 Å². The predicted octanol–water partition coefficient (Wildman–Crippen LogP) is 3.17. The Bertz CT molecular complexity index is 1120. The lowest BCUT2D eigenvalue weighted by Crippen LogP contribution is -2.34. The Morgan fingerprint density at radius 1 is 1.15 bits per heavy atom. The minimum atomic E-state index is -0.264. The minimum absolute atomic E-state index is 0.0957. The summed E-state index contributed by atoms with van der Waals surface area (Å²) in [5.74, 6) is 1.62. The molecule has 0 spiro atoms. The monoisotopic (exact) mass is 468 g/mol. The quantitative estimate of drug-likeness (QED) is 0.462. The number of thioether (sulfide) groups is 1. The maximum Gasteiger partial charge on any atom is 0.254 e. The van der Waals surface area contributed by atoms with Crippen LogP contribution in [-0.4, -0.2) is 54.9 Å². The van der Waals surface area contributed by atoms with Crippen molar-refractivity contribution in [2.45, 2.75) is 11.1 Å². The van der Waals surface area contributed by atoms with Crippen molar-refractivity contribution in [3.63, 3.8) is 0 Å². The molecule has 1 aliphatic rings. The van der Waals surface area contributed by atoms with Crippen LogP contribution in [0.5, 0.6) is 11.5 Å². The van der Waals surface area contributed by atoms with Gasteiger partial charge in [0.1, 0.15) is 10.8 Å². The maximum atomic E-state index is 12.9. The van der Waals surface area contributed by atoms with Gasteiger partial charge in [-0.15, -0.1) is 0 Å². The molecular weight excluding hydrogens is 444 g/mol. The number of rotatable bonds is 9. The molecule has 1 unspecified atom stereocenters. The molecule has 9 nitrogen and oxygen atoms in total. The molecule has 1 atom stereocenters. The number of carbonyl (C=O) groups excluding carboxylic acids is 2. The van der Waals surface area contributed by atoms with E-state index in [1.54, 1.807) is 42.8 Å². The van der Waals surface area contributed by atoms with E-state index in [2.05, 4.69) is 15.6 Å². The second-order valence-corrected chi connectivity index (χ2v) is 8.43. The Kier molecular flexibility index (Phi) is 7.16. The number of carbonyl (C=O) groups is 2. The first kappa shape index (κ1) is 22.7. The van der Waals surface area contributed by atoms with E-state index in [0.717, 1.165) is 5.76 Å². The van der Waals surface area contributed by atoms with Crippen LogP contribution in [0, 0.1) is 0 Å². The summed E-state index contributed by atoms with van der Waals surface area (Å²) in [5.41, 5.74) is 1.02. The molecule has 0 fully saturated rings. The van der Waals surface area contributed by atoms with E-state index in [4.69, 9.17) is 13.9 Å². The molecule has 3 aromatic rings. The first-order valence-corrected chi connectivity index (χ1v) is 11.2. The van der Waals surface area contributed by atoms with E-state index in [1.807, 2.05) is 31.1 Å². The van der Waals surface area contributed by atoms with Gasteiger partial charge in [-0.25, -0.2) is 4.98 Å². The summed E-state index contributed by atoms with van der Waals surface area (Å²) in [6.07, 6.45) is 3.21. The van der Waals surface area contributed by atoms with Crippen LogP contribution in [0.3, 0.4) is 0 Å². The SMILES string of the molecule is CN(C)C(CNC(=O)c1cccnc1SCC(=O)Nc1ccc2c(c1)OCO2)c1ccco1. The Labute approximate surface area is 195 Å². The number of nitrogens with zero attached hydrogens (tertiary/aromatic N) is 2. The summed E-state index contributed by atoms with van der Waals surface area (Å²) >= 11 is 1.20. The Hall–Kier alpha value is -3.50. The number of pyridine rings is 1. The van der Waals surface area contributed by atoms with E-state index in [1.165, 1.54) is 11.8 Å². The number of fused-ring (bicyclic) bond motifs is 1. The fourth-order valence-electron chi connectivity index (χ4n) is 3.29. The van der Waals surface area contributed by atoms with Gasteiger partial charge in [0.05, 0.1) is 23.6 Å². The molecule has 0 radical (unpaired) electrons. The molecule has 2 N–H and O–H groups in total.